The first kappa shape index (κ1) is 35.7. The van der Waals surface area contributed by atoms with E-state index in [1.807, 2.05) is 54.6 Å². The van der Waals surface area contributed by atoms with Gasteiger partial charge in [0.25, 0.3) is 0 Å². The fourth-order valence-electron chi connectivity index (χ4n) is 6.41. The predicted molar refractivity (Wildman–Crippen MR) is 190 cm³/mol. The number of benzene rings is 3. The first-order valence-electron chi connectivity index (χ1n) is 17.8. The monoisotopic (exact) mass is 669 g/mol. The van der Waals surface area contributed by atoms with Gasteiger partial charge in [0.05, 0.1) is 0 Å². The molecule has 2 fully saturated rings. The van der Waals surface area contributed by atoms with Crippen molar-refractivity contribution in [2.24, 2.45) is 0 Å². The Hall–Kier alpha value is -4.57. The zero-order valence-corrected chi connectivity index (χ0v) is 28.4. The summed E-state index contributed by atoms with van der Waals surface area (Å²) in [5.74, 6) is 0.132. The molecule has 2 aliphatic rings. The molecule has 4 N–H and O–H groups in total. The number of hydrogen-bond acceptors (Lipinski definition) is 6. The predicted octanol–water partition coefficient (Wildman–Crippen LogP) is 4.80. The molecule has 3 aromatic rings. The van der Waals surface area contributed by atoms with Crippen LogP contribution in [0.1, 0.15) is 61.6 Å². The number of rotatable bonds is 14. The highest BCUT2D eigenvalue weighted by atomic mass is 16.5. The highest BCUT2D eigenvalue weighted by Crippen LogP contribution is 2.17. The van der Waals surface area contributed by atoms with Gasteiger partial charge in [0.1, 0.15) is 30.2 Å². The molecule has 2 saturated heterocycles. The second-order valence-electron chi connectivity index (χ2n) is 13.2. The minimum atomic E-state index is -0.919. The minimum Gasteiger partial charge on any atom is -0.508 e. The van der Waals surface area contributed by atoms with Crippen LogP contribution in [0.2, 0.25) is 0 Å². The van der Waals surface area contributed by atoms with Crippen molar-refractivity contribution in [3.63, 3.8) is 0 Å². The van der Waals surface area contributed by atoms with E-state index >= 15 is 0 Å². The number of likely N-dealkylation sites (tertiary alicyclic amines) is 2. The lowest BCUT2D eigenvalue weighted by atomic mass is 10.0. The zero-order chi connectivity index (χ0) is 34.3. The van der Waals surface area contributed by atoms with Crippen LogP contribution in [0.4, 0.5) is 4.79 Å². The van der Waals surface area contributed by atoms with Gasteiger partial charge in [-0.1, -0.05) is 73.9 Å². The fraction of sp³-hybridized carbons (Fsp3) is 0.462. The smallest absolute Gasteiger partial charge is 0.318 e. The first-order valence-corrected chi connectivity index (χ1v) is 17.8. The maximum Gasteiger partial charge on any atom is 0.318 e. The van der Waals surface area contributed by atoms with Gasteiger partial charge >= 0.3 is 6.03 Å². The Labute approximate surface area is 290 Å². The van der Waals surface area contributed by atoms with Gasteiger partial charge in [0, 0.05) is 39.0 Å². The van der Waals surface area contributed by atoms with Crippen molar-refractivity contribution in [2.75, 3.05) is 39.3 Å². The molecule has 10 heteroatoms. The summed E-state index contributed by atoms with van der Waals surface area (Å²) in [7, 11) is 0. The zero-order valence-electron chi connectivity index (χ0n) is 28.4. The fourth-order valence-corrected chi connectivity index (χ4v) is 6.41. The molecule has 0 saturated carbocycles. The normalized spacial score (nSPS) is 16.5. The molecule has 0 unspecified atom stereocenters. The molecule has 10 nitrogen and oxygen atoms in total. The van der Waals surface area contributed by atoms with Crippen LogP contribution in [0, 0.1) is 0 Å². The van der Waals surface area contributed by atoms with Gasteiger partial charge in [0.2, 0.25) is 11.8 Å². The van der Waals surface area contributed by atoms with Crippen LogP contribution >= 0.6 is 0 Å². The Bertz CT molecular complexity index is 1450. The third kappa shape index (κ3) is 11.8. The van der Waals surface area contributed by atoms with Crippen LogP contribution in [-0.2, 0) is 29.0 Å². The number of hydrogen-bond donors (Lipinski definition) is 4. The number of aromatic hydroxyl groups is 1. The molecule has 2 atom stereocenters. The van der Waals surface area contributed by atoms with Crippen molar-refractivity contribution >= 4 is 17.8 Å². The summed E-state index contributed by atoms with van der Waals surface area (Å²) in [4.78, 5) is 45.2. The summed E-state index contributed by atoms with van der Waals surface area (Å²) < 4.78 is 5.95. The van der Waals surface area contributed by atoms with Gasteiger partial charge < -0.3 is 35.6 Å². The van der Waals surface area contributed by atoms with Crippen molar-refractivity contribution in [1.82, 2.24) is 25.8 Å². The maximum atomic E-state index is 14.0. The van der Waals surface area contributed by atoms with Crippen molar-refractivity contribution in [3.05, 3.63) is 95.6 Å². The molecule has 0 bridgehead atoms. The van der Waals surface area contributed by atoms with Gasteiger partial charge in [-0.2, -0.15) is 0 Å². The van der Waals surface area contributed by atoms with Gasteiger partial charge in [-0.05, 0) is 79.7 Å². The van der Waals surface area contributed by atoms with Crippen LogP contribution in [0.25, 0.3) is 0 Å². The number of ether oxygens (including phenoxy) is 1. The third-order valence-corrected chi connectivity index (χ3v) is 9.30. The number of amides is 4. The molecule has 2 heterocycles. The van der Waals surface area contributed by atoms with E-state index in [4.69, 9.17) is 4.74 Å². The van der Waals surface area contributed by atoms with Crippen LogP contribution in [0.5, 0.6) is 11.5 Å². The van der Waals surface area contributed by atoms with E-state index in [1.165, 1.54) is 19.3 Å². The number of nitrogens with one attached hydrogen (secondary N) is 3. The SMILES string of the molecule is O=C(NCCN1CCCCC1)[C@H](Cc1ccc(OCc2ccccc2)cc1)NC(=O)[C@H](Cc1ccc(O)cc1)NC(=O)N1CCCCCC1. The molecule has 0 radical (unpaired) electrons. The topological polar surface area (TPSA) is 123 Å². The summed E-state index contributed by atoms with van der Waals surface area (Å²) in [6.45, 7) is 5.05. The summed E-state index contributed by atoms with van der Waals surface area (Å²) in [6.07, 6.45) is 8.08. The number of piperidine rings is 1. The molecular formula is C39H51N5O5. The average molecular weight is 670 g/mol. The number of carbonyl (C=O) groups is 3. The van der Waals surface area contributed by atoms with Crippen molar-refractivity contribution in [2.45, 2.75) is 76.5 Å². The van der Waals surface area contributed by atoms with E-state index in [0.717, 1.165) is 62.0 Å². The van der Waals surface area contributed by atoms with Crippen molar-refractivity contribution in [3.8, 4) is 11.5 Å². The standard InChI is InChI=1S/C39H51N5O5/c45-33-17-13-30(14-18-33)28-36(42-39(48)44-24-9-1-2-10-25-44)38(47)41-35(37(46)40-21-26-43-22-7-4-8-23-43)27-31-15-19-34(20-16-31)49-29-32-11-5-3-6-12-32/h3,5-6,11-20,35-36,45H,1-2,4,7-10,21-29H2,(H,40,46)(H,41,47)(H,42,48)/t35-,36-/m0/s1. The molecule has 0 aromatic heterocycles. The molecular weight excluding hydrogens is 618 g/mol. The molecule has 4 amide bonds. The largest absolute Gasteiger partial charge is 0.508 e. The van der Waals surface area contributed by atoms with E-state index < -0.39 is 18.0 Å². The van der Waals surface area contributed by atoms with Gasteiger partial charge in [-0.3, -0.25) is 9.59 Å². The third-order valence-electron chi connectivity index (χ3n) is 9.30. The highest BCUT2D eigenvalue weighted by molar-refractivity contribution is 5.92. The lowest BCUT2D eigenvalue weighted by Crippen LogP contribution is -2.57. The van der Waals surface area contributed by atoms with Crippen LogP contribution in [0.15, 0.2) is 78.9 Å². The van der Waals surface area contributed by atoms with Gasteiger partial charge in [0.15, 0.2) is 0 Å². The van der Waals surface area contributed by atoms with E-state index in [0.29, 0.717) is 32.0 Å². The second kappa shape index (κ2) is 18.8. The lowest BCUT2D eigenvalue weighted by Gasteiger charge is -2.28. The molecule has 262 valence electrons. The number of urea groups is 1. The van der Waals surface area contributed by atoms with Crippen molar-refractivity contribution in [1.29, 1.82) is 0 Å². The molecule has 49 heavy (non-hydrogen) atoms. The Morgan fingerprint density at radius 2 is 1.22 bits per heavy atom. The van der Waals surface area contributed by atoms with Crippen LogP contribution in [0.3, 0.4) is 0 Å². The number of phenols is 1. The van der Waals surface area contributed by atoms with Crippen LogP contribution < -0.4 is 20.7 Å². The summed E-state index contributed by atoms with van der Waals surface area (Å²) in [5.41, 5.74) is 2.72. The van der Waals surface area contributed by atoms with Gasteiger partial charge in [-0.15, -0.1) is 0 Å². The van der Waals surface area contributed by atoms with Gasteiger partial charge in [-0.25, -0.2) is 4.79 Å². The van der Waals surface area contributed by atoms with E-state index in [-0.39, 0.29) is 30.5 Å². The summed E-state index contributed by atoms with van der Waals surface area (Å²) in [6, 6.07) is 22.1. The van der Waals surface area contributed by atoms with Crippen molar-refractivity contribution < 1.29 is 24.2 Å². The van der Waals surface area contributed by atoms with E-state index in [2.05, 4.69) is 20.9 Å². The van der Waals surface area contributed by atoms with E-state index in [1.54, 1.807) is 29.2 Å². The number of phenolic OH excluding ortho intramolecular Hbond substituents is 1. The van der Waals surface area contributed by atoms with Crippen LogP contribution in [-0.4, -0.2) is 84.1 Å². The maximum absolute atomic E-state index is 14.0. The Balaban J connectivity index is 1.28. The Morgan fingerprint density at radius 3 is 1.88 bits per heavy atom. The quantitative estimate of drug-likeness (QED) is 0.196. The average Bonchev–Trinajstić information content (AvgIpc) is 3.42. The highest BCUT2D eigenvalue weighted by Gasteiger charge is 2.29. The Morgan fingerprint density at radius 1 is 0.653 bits per heavy atom. The second-order valence-corrected chi connectivity index (χ2v) is 13.2. The molecule has 0 spiro atoms. The molecule has 2 aliphatic heterocycles. The summed E-state index contributed by atoms with van der Waals surface area (Å²) >= 11 is 0. The number of nitrogens with zero attached hydrogens (tertiary/aromatic N) is 2. The first-order chi connectivity index (χ1) is 23.9. The molecule has 5 rings (SSSR count). The molecule has 0 aliphatic carbocycles. The lowest BCUT2D eigenvalue weighted by molar-refractivity contribution is -0.130. The Kier molecular flexibility index (Phi) is 13.7. The minimum absolute atomic E-state index is 0.121. The van der Waals surface area contributed by atoms with E-state index in [9.17, 15) is 19.5 Å². The number of carbonyl (C=O) groups excluding carboxylic acids is 3. The summed E-state index contributed by atoms with van der Waals surface area (Å²) in [5, 5.41) is 18.8. The molecule has 3 aromatic carbocycles.